The second kappa shape index (κ2) is 5.54. The maximum Gasteiger partial charge on any atom is 0.232 e. The van der Waals surface area contributed by atoms with Gasteiger partial charge in [0.15, 0.2) is 5.75 Å². The Morgan fingerprint density at radius 3 is 2.75 bits per heavy atom. The van der Waals surface area contributed by atoms with Crippen molar-refractivity contribution in [3.05, 3.63) is 12.4 Å². The van der Waals surface area contributed by atoms with Gasteiger partial charge in [-0.05, 0) is 6.42 Å². The molecule has 1 rings (SSSR count). The van der Waals surface area contributed by atoms with Crippen LogP contribution < -0.4 is 4.74 Å². The number of aryl methyl sites for hydroxylation is 1. The largest absolute Gasteiger partial charge is 0.490 e. The van der Waals surface area contributed by atoms with Crippen molar-refractivity contribution < 1.29 is 13.2 Å². The molecule has 0 saturated carbocycles. The van der Waals surface area contributed by atoms with Crippen molar-refractivity contribution in [3.8, 4) is 5.75 Å². The summed E-state index contributed by atoms with van der Waals surface area (Å²) < 4.78 is 28.9. The van der Waals surface area contributed by atoms with Gasteiger partial charge in [-0.2, -0.15) is 5.10 Å². The summed E-state index contributed by atoms with van der Waals surface area (Å²) in [5.74, 6) is 0.473. The van der Waals surface area contributed by atoms with E-state index in [0.29, 0.717) is 18.8 Å². The molecular weight excluding hydrogens is 252 g/mol. The summed E-state index contributed by atoms with van der Waals surface area (Å²) in [5, 5.41) is 3.94. The zero-order chi connectivity index (χ0) is 12.2. The molecule has 0 aliphatic rings. The van der Waals surface area contributed by atoms with Gasteiger partial charge in [0, 0.05) is 23.6 Å². The lowest BCUT2D eigenvalue weighted by Crippen LogP contribution is -2.18. The predicted octanol–water partition coefficient (Wildman–Crippen LogP) is 1.39. The minimum atomic E-state index is -3.46. The fourth-order valence-corrected chi connectivity index (χ4v) is 2.68. The number of hydrogen-bond acceptors (Lipinski definition) is 4. The molecular formula is C9H15ClN2O3S. The van der Waals surface area contributed by atoms with Crippen molar-refractivity contribution in [1.82, 2.24) is 9.78 Å². The second-order valence-corrected chi connectivity index (χ2v) is 6.46. The van der Waals surface area contributed by atoms with E-state index in [1.54, 1.807) is 24.1 Å². The van der Waals surface area contributed by atoms with Crippen LogP contribution in [0.15, 0.2) is 12.4 Å². The van der Waals surface area contributed by atoms with Crippen molar-refractivity contribution in [2.24, 2.45) is 13.0 Å². The van der Waals surface area contributed by atoms with E-state index >= 15 is 0 Å². The van der Waals surface area contributed by atoms with Gasteiger partial charge in [-0.25, -0.2) is 8.42 Å². The van der Waals surface area contributed by atoms with Gasteiger partial charge in [0.05, 0.1) is 24.8 Å². The Hall–Kier alpha value is -0.750. The summed E-state index contributed by atoms with van der Waals surface area (Å²) in [5.41, 5.74) is 0. The Morgan fingerprint density at radius 2 is 2.31 bits per heavy atom. The average molecular weight is 267 g/mol. The van der Waals surface area contributed by atoms with Crippen molar-refractivity contribution in [2.75, 3.05) is 12.4 Å². The molecule has 5 nitrogen and oxygen atoms in total. The summed E-state index contributed by atoms with van der Waals surface area (Å²) >= 11 is 0. The fourth-order valence-electron chi connectivity index (χ4n) is 1.25. The highest BCUT2D eigenvalue weighted by Crippen LogP contribution is 2.14. The number of aromatic nitrogens is 2. The van der Waals surface area contributed by atoms with Crippen molar-refractivity contribution in [2.45, 2.75) is 13.3 Å². The highest BCUT2D eigenvalue weighted by atomic mass is 35.7. The van der Waals surface area contributed by atoms with Crippen LogP contribution in [0.2, 0.25) is 0 Å². The molecule has 1 heterocycles. The lowest BCUT2D eigenvalue weighted by molar-refractivity contribution is 0.258. The van der Waals surface area contributed by atoms with Gasteiger partial charge in [-0.15, -0.1) is 0 Å². The molecule has 0 bridgehead atoms. The van der Waals surface area contributed by atoms with Crippen molar-refractivity contribution in [1.29, 1.82) is 0 Å². The van der Waals surface area contributed by atoms with E-state index in [1.165, 1.54) is 0 Å². The number of hydrogen-bond donors (Lipinski definition) is 0. The first kappa shape index (κ1) is 13.3. The highest BCUT2D eigenvalue weighted by molar-refractivity contribution is 8.13. The SMILES string of the molecule is CCC(COc1cnn(C)c1)CS(=O)(=O)Cl. The third-order valence-corrected chi connectivity index (χ3v) is 3.43. The summed E-state index contributed by atoms with van der Waals surface area (Å²) in [4.78, 5) is 0. The van der Waals surface area contributed by atoms with E-state index in [9.17, 15) is 8.42 Å². The standard InChI is InChI=1S/C9H15ClN2O3S/c1-3-8(7-16(10,13)14)6-15-9-4-11-12(2)5-9/h4-5,8H,3,6-7H2,1-2H3. The zero-order valence-corrected chi connectivity index (χ0v) is 10.8. The minimum Gasteiger partial charge on any atom is -0.490 e. The lowest BCUT2D eigenvalue weighted by atomic mass is 10.1. The first-order valence-electron chi connectivity index (χ1n) is 4.94. The molecule has 0 aliphatic carbocycles. The third-order valence-electron chi connectivity index (χ3n) is 2.18. The molecule has 16 heavy (non-hydrogen) atoms. The molecule has 0 fully saturated rings. The normalized spacial score (nSPS) is 13.7. The third kappa shape index (κ3) is 4.85. The predicted molar refractivity (Wildman–Crippen MR) is 62.1 cm³/mol. The molecule has 0 N–H and O–H groups in total. The van der Waals surface area contributed by atoms with Crippen LogP contribution >= 0.6 is 10.7 Å². The molecule has 1 atom stereocenters. The minimum absolute atomic E-state index is 0.0642. The van der Waals surface area contributed by atoms with E-state index in [1.807, 2.05) is 6.92 Å². The molecule has 0 aliphatic heterocycles. The number of ether oxygens (including phenoxy) is 1. The second-order valence-electron chi connectivity index (χ2n) is 3.64. The Balaban J connectivity index is 2.46. The molecule has 0 aromatic carbocycles. The van der Waals surface area contributed by atoms with Gasteiger partial charge in [0.2, 0.25) is 9.05 Å². The average Bonchev–Trinajstić information content (AvgIpc) is 2.57. The molecule has 0 amide bonds. The van der Waals surface area contributed by atoms with Crippen LogP contribution in [-0.4, -0.2) is 30.6 Å². The summed E-state index contributed by atoms with van der Waals surface area (Å²) in [6.07, 6.45) is 4.01. The molecule has 92 valence electrons. The number of halogens is 1. The van der Waals surface area contributed by atoms with Crippen LogP contribution in [0.3, 0.4) is 0 Å². The van der Waals surface area contributed by atoms with E-state index < -0.39 is 9.05 Å². The maximum absolute atomic E-state index is 10.9. The Kier molecular flexibility index (Phi) is 4.61. The van der Waals surface area contributed by atoms with E-state index in [-0.39, 0.29) is 11.7 Å². The molecule has 1 unspecified atom stereocenters. The van der Waals surface area contributed by atoms with Gasteiger partial charge in [-0.1, -0.05) is 6.92 Å². The van der Waals surface area contributed by atoms with Gasteiger partial charge in [0.25, 0.3) is 0 Å². The molecule has 1 aromatic heterocycles. The van der Waals surface area contributed by atoms with Crippen LogP contribution in [0.1, 0.15) is 13.3 Å². The van der Waals surface area contributed by atoms with E-state index in [0.717, 1.165) is 0 Å². The van der Waals surface area contributed by atoms with Crippen LogP contribution in [0.4, 0.5) is 0 Å². The van der Waals surface area contributed by atoms with Gasteiger partial charge in [-0.3, -0.25) is 4.68 Å². The highest BCUT2D eigenvalue weighted by Gasteiger charge is 2.16. The monoisotopic (exact) mass is 266 g/mol. The molecule has 0 saturated heterocycles. The van der Waals surface area contributed by atoms with Crippen molar-refractivity contribution >= 4 is 19.7 Å². The van der Waals surface area contributed by atoms with Gasteiger partial charge < -0.3 is 4.74 Å². The summed E-state index contributed by atoms with van der Waals surface area (Å²) in [6, 6.07) is 0. The Labute approximate surface area is 99.8 Å². The van der Waals surface area contributed by atoms with Crippen LogP contribution in [0.5, 0.6) is 5.75 Å². The molecule has 0 spiro atoms. The van der Waals surface area contributed by atoms with Crippen molar-refractivity contribution in [3.63, 3.8) is 0 Å². The van der Waals surface area contributed by atoms with Gasteiger partial charge >= 0.3 is 0 Å². The van der Waals surface area contributed by atoms with Gasteiger partial charge in [0.1, 0.15) is 0 Å². The quantitative estimate of drug-likeness (QED) is 0.730. The Morgan fingerprint density at radius 1 is 1.62 bits per heavy atom. The number of nitrogens with zero attached hydrogens (tertiary/aromatic N) is 2. The first-order valence-corrected chi connectivity index (χ1v) is 7.42. The van der Waals surface area contributed by atoms with Crippen LogP contribution in [-0.2, 0) is 16.1 Å². The smallest absolute Gasteiger partial charge is 0.232 e. The summed E-state index contributed by atoms with van der Waals surface area (Å²) in [7, 11) is 3.51. The van der Waals surface area contributed by atoms with E-state index in [4.69, 9.17) is 15.4 Å². The molecule has 7 heteroatoms. The molecule has 1 aromatic rings. The van der Waals surface area contributed by atoms with E-state index in [2.05, 4.69) is 5.10 Å². The first-order chi connectivity index (χ1) is 7.40. The Bertz CT molecular complexity index is 430. The lowest BCUT2D eigenvalue weighted by Gasteiger charge is -2.12. The topological polar surface area (TPSA) is 61.2 Å². The maximum atomic E-state index is 10.9. The summed E-state index contributed by atoms with van der Waals surface area (Å²) in [6.45, 7) is 2.23. The van der Waals surface area contributed by atoms with Crippen LogP contribution in [0.25, 0.3) is 0 Å². The molecule has 0 radical (unpaired) electrons. The number of rotatable bonds is 6. The van der Waals surface area contributed by atoms with Crippen LogP contribution in [0, 0.1) is 5.92 Å². The fraction of sp³-hybridized carbons (Fsp3) is 0.667. The zero-order valence-electron chi connectivity index (χ0n) is 9.26.